The molecule has 0 amide bonds. The molecule has 0 aliphatic carbocycles. The normalized spacial score (nSPS) is 11.8. The third-order valence-corrected chi connectivity index (χ3v) is 13.1. The van der Waals surface area contributed by atoms with Gasteiger partial charge in [0.1, 0.15) is 0 Å². The Balaban J connectivity index is 1.01. The fraction of sp³-hybridized carbons (Fsp3) is 0. The molecule has 0 nitrogen and oxygen atoms in total. The molecule has 52 heavy (non-hydrogen) atoms. The Morgan fingerprint density at radius 1 is 0.250 bits per heavy atom. The molecule has 0 atom stereocenters. The largest absolute Gasteiger partial charge is 0.135 e. The molecule has 0 spiro atoms. The van der Waals surface area contributed by atoms with Gasteiger partial charge in [0.25, 0.3) is 0 Å². The van der Waals surface area contributed by atoms with E-state index in [4.69, 9.17) is 0 Å². The molecule has 2 heterocycles. The highest BCUT2D eigenvalue weighted by atomic mass is 32.1. The summed E-state index contributed by atoms with van der Waals surface area (Å²) in [5, 5.41) is 13.0. The maximum Gasteiger partial charge on any atom is 0.0427 e. The van der Waals surface area contributed by atoms with Crippen LogP contribution in [0.5, 0.6) is 0 Å². The van der Waals surface area contributed by atoms with Gasteiger partial charge in [-0.15, -0.1) is 22.7 Å². The summed E-state index contributed by atoms with van der Waals surface area (Å²) in [6, 6.07) is 67.4. The minimum absolute atomic E-state index is 1.24. The van der Waals surface area contributed by atoms with Crippen LogP contribution in [0.15, 0.2) is 182 Å². The van der Waals surface area contributed by atoms with Crippen LogP contribution in [0.1, 0.15) is 0 Å². The first-order chi connectivity index (χ1) is 25.8. The van der Waals surface area contributed by atoms with Crippen LogP contribution in [0, 0.1) is 0 Å². The van der Waals surface area contributed by atoms with Crippen LogP contribution in [0.3, 0.4) is 0 Å². The molecule has 11 rings (SSSR count). The SMILES string of the molecule is c1ccc2c(c1)ccc1cc(-c3ccc(-c4c5ccccc5c(-c5ccc(-c6cc7ccc8ccccc8c7s6)cc5)c5ccccc45)cc3)sc12. The van der Waals surface area contributed by atoms with E-state index in [0.29, 0.717) is 0 Å². The molecule has 0 bridgehead atoms. The van der Waals surface area contributed by atoms with Crippen molar-refractivity contribution < 1.29 is 0 Å². The minimum atomic E-state index is 1.24. The average Bonchev–Trinajstić information content (AvgIpc) is 3.86. The summed E-state index contributed by atoms with van der Waals surface area (Å²) in [6.45, 7) is 0. The second kappa shape index (κ2) is 11.7. The number of hydrogen-bond acceptors (Lipinski definition) is 2. The van der Waals surface area contributed by atoms with Gasteiger partial charge in [-0.3, -0.25) is 0 Å². The van der Waals surface area contributed by atoms with E-state index < -0.39 is 0 Å². The number of benzene rings is 9. The van der Waals surface area contributed by atoms with Crippen molar-refractivity contribution in [2.45, 2.75) is 0 Å². The van der Waals surface area contributed by atoms with Gasteiger partial charge in [0.05, 0.1) is 0 Å². The lowest BCUT2D eigenvalue weighted by molar-refractivity contribution is 1.65. The van der Waals surface area contributed by atoms with E-state index in [0.717, 1.165) is 0 Å². The molecule has 0 N–H and O–H groups in total. The quantitative estimate of drug-likeness (QED) is 0.161. The van der Waals surface area contributed by atoms with Gasteiger partial charge in [0, 0.05) is 19.2 Å². The maximum absolute atomic E-state index is 2.34. The maximum atomic E-state index is 2.34. The monoisotopic (exact) mass is 694 g/mol. The molecule has 11 aromatic rings. The number of rotatable bonds is 4. The zero-order chi connectivity index (χ0) is 34.2. The number of thiophene rings is 2. The molecule has 2 aromatic heterocycles. The van der Waals surface area contributed by atoms with Crippen LogP contribution in [0.4, 0.5) is 0 Å². The molecule has 0 fully saturated rings. The highest BCUT2D eigenvalue weighted by Crippen LogP contribution is 2.45. The van der Waals surface area contributed by atoms with Gasteiger partial charge in [0.2, 0.25) is 0 Å². The molecule has 0 saturated heterocycles. The lowest BCUT2D eigenvalue weighted by Gasteiger charge is -2.18. The molecular weight excluding hydrogens is 665 g/mol. The first-order valence-corrected chi connectivity index (χ1v) is 19.4. The van der Waals surface area contributed by atoms with Gasteiger partial charge < -0.3 is 0 Å². The van der Waals surface area contributed by atoms with E-state index in [1.807, 2.05) is 22.7 Å². The Bertz CT molecular complexity index is 2890. The average molecular weight is 695 g/mol. The third-order valence-electron chi connectivity index (χ3n) is 10.7. The Hall–Kier alpha value is -6.06. The van der Waals surface area contributed by atoms with Gasteiger partial charge in [-0.1, -0.05) is 170 Å². The van der Waals surface area contributed by atoms with Crippen molar-refractivity contribution in [3.63, 3.8) is 0 Å². The summed E-state index contributed by atoms with van der Waals surface area (Å²) in [5.41, 5.74) is 7.57. The van der Waals surface area contributed by atoms with Gasteiger partial charge in [0.15, 0.2) is 0 Å². The van der Waals surface area contributed by atoms with Crippen LogP contribution in [0.25, 0.3) is 106 Å². The Kier molecular flexibility index (Phi) is 6.70. The van der Waals surface area contributed by atoms with Gasteiger partial charge in [-0.05, 0) is 99.4 Å². The topological polar surface area (TPSA) is 0 Å². The minimum Gasteiger partial charge on any atom is -0.135 e. The van der Waals surface area contributed by atoms with E-state index in [2.05, 4.69) is 182 Å². The Morgan fingerprint density at radius 3 is 0.942 bits per heavy atom. The molecule has 9 aromatic carbocycles. The fourth-order valence-corrected chi connectivity index (χ4v) is 10.6. The number of hydrogen-bond donors (Lipinski definition) is 0. The van der Waals surface area contributed by atoms with Crippen LogP contribution in [-0.2, 0) is 0 Å². The zero-order valence-corrected chi connectivity index (χ0v) is 29.8. The summed E-state index contributed by atoms with van der Waals surface area (Å²) in [6.07, 6.45) is 0. The van der Waals surface area contributed by atoms with E-state index in [-0.39, 0.29) is 0 Å². The lowest BCUT2D eigenvalue weighted by atomic mass is 9.85. The van der Waals surface area contributed by atoms with Crippen LogP contribution in [0.2, 0.25) is 0 Å². The van der Waals surface area contributed by atoms with Crippen molar-refractivity contribution >= 4 is 85.9 Å². The van der Waals surface area contributed by atoms with E-state index in [9.17, 15) is 0 Å². The predicted molar refractivity (Wildman–Crippen MR) is 229 cm³/mol. The first kappa shape index (κ1) is 29.6. The summed E-state index contributed by atoms with van der Waals surface area (Å²) in [7, 11) is 0. The van der Waals surface area contributed by atoms with E-state index in [1.54, 1.807) is 0 Å². The first-order valence-electron chi connectivity index (χ1n) is 17.7. The molecule has 0 saturated carbocycles. The lowest BCUT2D eigenvalue weighted by Crippen LogP contribution is -1.91. The smallest absolute Gasteiger partial charge is 0.0427 e. The second-order valence-corrected chi connectivity index (χ2v) is 15.7. The molecule has 2 heteroatoms. The summed E-state index contributed by atoms with van der Waals surface area (Å²) in [5.74, 6) is 0. The van der Waals surface area contributed by atoms with Crippen molar-refractivity contribution in [3.05, 3.63) is 182 Å². The summed E-state index contributed by atoms with van der Waals surface area (Å²) >= 11 is 3.77. The summed E-state index contributed by atoms with van der Waals surface area (Å²) < 4.78 is 2.71. The highest BCUT2D eigenvalue weighted by molar-refractivity contribution is 7.23. The molecule has 0 aliphatic rings. The van der Waals surface area contributed by atoms with E-state index in [1.165, 1.54) is 106 Å². The predicted octanol–water partition coefficient (Wildman–Crippen LogP) is 15.4. The highest BCUT2D eigenvalue weighted by Gasteiger charge is 2.17. The van der Waals surface area contributed by atoms with Crippen molar-refractivity contribution in [3.8, 4) is 43.1 Å². The Morgan fingerprint density at radius 2 is 0.558 bits per heavy atom. The van der Waals surface area contributed by atoms with Crippen LogP contribution in [-0.4, -0.2) is 0 Å². The zero-order valence-electron chi connectivity index (χ0n) is 28.1. The van der Waals surface area contributed by atoms with Crippen LogP contribution < -0.4 is 0 Å². The molecule has 0 unspecified atom stereocenters. The van der Waals surface area contributed by atoms with Gasteiger partial charge in [-0.25, -0.2) is 0 Å². The molecule has 0 radical (unpaired) electrons. The van der Waals surface area contributed by atoms with Crippen LogP contribution >= 0.6 is 22.7 Å². The van der Waals surface area contributed by atoms with Crippen molar-refractivity contribution in [1.82, 2.24) is 0 Å². The van der Waals surface area contributed by atoms with Crippen molar-refractivity contribution in [2.24, 2.45) is 0 Å². The van der Waals surface area contributed by atoms with Crippen molar-refractivity contribution in [2.75, 3.05) is 0 Å². The van der Waals surface area contributed by atoms with E-state index >= 15 is 0 Å². The molecule has 242 valence electrons. The molecule has 0 aliphatic heterocycles. The third kappa shape index (κ3) is 4.65. The Labute approximate surface area is 309 Å². The van der Waals surface area contributed by atoms with Crippen molar-refractivity contribution in [1.29, 1.82) is 0 Å². The fourth-order valence-electron chi connectivity index (χ4n) is 8.17. The molecular formula is C50H30S2. The van der Waals surface area contributed by atoms with Gasteiger partial charge in [-0.2, -0.15) is 0 Å². The number of fused-ring (bicyclic) bond motifs is 8. The summed E-state index contributed by atoms with van der Waals surface area (Å²) in [4.78, 5) is 2.60. The van der Waals surface area contributed by atoms with Gasteiger partial charge >= 0.3 is 0 Å². The second-order valence-electron chi connectivity index (χ2n) is 13.6. The standard InChI is InChI=1S/C50H30S2/c1-3-11-39-31(9-1)17-27-37-29-45(51-49(37)39)33-19-23-35(24-20-33)47-41-13-5-7-15-43(41)48(44-16-8-6-14-42(44)47)36-25-21-34(22-26-36)46-30-38-28-18-32-10-2-4-12-40(32)50(38)52-46/h1-30H.